The molecule has 0 amide bonds. The Kier molecular flexibility index (Phi) is 4.33. The van der Waals surface area contributed by atoms with Crippen LogP contribution in [0.1, 0.15) is 16.8 Å². The minimum Gasteiger partial charge on any atom is -0.495 e. The lowest BCUT2D eigenvalue weighted by atomic mass is 10.2. The Labute approximate surface area is 97.8 Å². The van der Waals surface area contributed by atoms with Crippen molar-refractivity contribution in [3.05, 3.63) is 23.8 Å². The Balaban J connectivity index is 2.82. The number of rotatable bonds is 6. The lowest BCUT2D eigenvalue weighted by molar-refractivity contribution is -0.136. The van der Waals surface area contributed by atoms with Crippen LogP contribution in [0, 0.1) is 0 Å². The van der Waals surface area contributed by atoms with E-state index in [1.807, 2.05) is 0 Å². The van der Waals surface area contributed by atoms with Crippen molar-refractivity contribution in [1.82, 2.24) is 0 Å². The Morgan fingerprint density at radius 1 is 1.35 bits per heavy atom. The van der Waals surface area contributed by atoms with Gasteiger partial charge in [-0.3, -0.25) is 4.79 Å². The van der Waals surface area contributed by atoms with Crippen molar-refractivity contribution < 1.29 is 24.5 Å². The van der Waals surface area contributed by atoms with Gasteiger partial charge in [-0.25, -0.2) is 4.79 Å². The Morgan fingerprint density at radius 2 is 2.06 bits per heavy atom. The van der Waals surface area contributed by atoms with Crippen molar-refractivity contribution in [3.8, 4) is 5.75 Å². The first-order valence-corrected chi connectivity index (χ1v) is 4.91. The first-order valence-electron chi connectivity index (χ1n) is 4.91. The number of nitrogens with one attached hydrogen (secondary N) is 1. The van der Waals surface area contributed by atoms with Gasteiger partial charge in [0.15, 0.2) is 0 Å². The van der Waals surface area contributed by atoms with E-state index in [-0.39, 0.29) is 18.5 Å². The number of methoxy groups -OCH3 is 1. The Morgan fingerprint density at radius 3 is 2.59 bits per heavy atom. The van der Waals surface area contributed by atoms with Gasteiger partial charge in [-0.2, -0.15) is 0 Å². The van der Waals surface area contributed by atoms with Crippen LogP contribution >= 0.6 is 0 Å². The van der Waals surface area contributed by atoms with Gasteiger partial charge < -0.3 is 20.3 Å². The first-order chi connectivity index (χ1) is 8.04. The summed E-state index contributed by atoms with van der Waals surface area (Å²) < 4.78 is 5.03. The van der Waals surface area contributed by atoms with Crippen LogP contribution in [0.4, 0.5) is 5.69 Å². The molecule has 0 fully saturated rings. The molecule has 0 aliphatic rings. The van der Waals surface area contributed by atoms with E-state index in [4.69, 9.17) is 14.9 Å². The molecule has 0 atom stereocenters. The van der Waals surface area contributed by atoms with Crippen LogP contribution in [-0.2, 0) is 4.79 Å². The zero-order valence-electron chi connectivity index (χ0n) is 9.27. The molecule has 0 spiro atoms. The van der Waals surface area contributed by atoms with E-state index in [1.165, 1.54) is 25.3 Å². The SMILES string of the molecule is COc1ccc(C(=O)O)cc1NCCC(=O)O. The number of hydrogen-bond acceptors (Lipinski definition) is 4. The largest absolute Gasteiger partial charge is 0.495 e. The van der Waals surface area contributed by atoms with Gasteiger partial charge in [-0.15, -0.1) is 0 Å². The topological polar surface area (TPSA) is 95.9 Å². The molecule has 6 heteroatoms. The van der Waals surface area contributed by atoms with Gasteiger partial charge in [0.2, 0.25) is 0 Å². The van der Waals surface area contributed by atoms with E-state index in [2.05, 4.69) is 5.32 Å². The number of hydrogen-bond donors (Lipinski definition) is 3. The third-order valence-corrected chi connectivity index (χ3v) is 2.10. The van der Waals surface area contributed by atoms with E-state index >= 15 is 0 Å². The van der Waals surface area contributed by atoms with Gasteiger partial charge in [0.25, 0.3) is 0 Å². The average molecular weight is 239 g/mol. The van der Waals surface area contributed by atoms with E-state index in [9.17, 15) is 9.59 Å². The van der Waals surface area contributed by atoms with E-state index in [1.54, 1.807) is 0 Å². The van der Waals surface area contributed by atoms with Crippen LogP contribution in [0.5, 0.6) is 5.75 Å². The van der Waals surface area contributed by atoms with Crippen LogP contribution in [0.25, 0.3) is 0 Å². The van der Waals surface area contributed by atoms with Crippen molar-refractivity contribution in [1.29, 1.82) is 0 Å². The molecule has 0 radical (unpaired) electrons. The highest BCUT2D eigenvalue weighted by Crippen LogP contribution is 2.25. The van der Waals surface area contributed by atoms with Gasteiger partial charge in [-0.1, -0.05) is 0 Å². The van der Waals surface area contributed by atoms with Gasteiger partial charge >= 0.3 is 11.9 Å². The molecule has 1 aromatic carbocycles. The molecule has 1 aromatic rings. The molecule has 92 valence electrons. The molecular formula is C11H13NO5. The summed E-state index contributed by atoms with van der Waals surface area (Å²) in [5, 5.41) is 20.1. The fourth-order valence-electron chi connectivity index (χ4n) is 1.28. The summed E-state index contributed by atoms with van der Waals surface area (Å²) in [5.74, 6) is -1.50. The van der Waals surface area contributed by atoms with Crippen LogP contribution in [0.3, 0.4) is 0 Å². The Hall–Kier alpha value is -2.24. The molecular weight excluding hydrogens is 226 g/mol. The molecule has 0 saturated carbocycles. The number of carboxylic acids is 2. The van der Waals surface area contributed by atoms with Gasteiger partial charge in [-0.05, 0) is 18.2 Å². The quantitative estimate of drug-likeness (QED) is 0.692. The highest BCUT2D eigenvalue weighted by atomic mass is 16.5. The third kappa shape index (κ3) is 3.67. The Bertz CT molecular complexity index is 430. The van der Waals surface area contributed by atoms with Crippen molar-refractivity contribution in [2.75, 3.05) is 19.0 Å². The van der Waals surface area contributed by atoms with Crippen molar-refractivity contribution in [2.24, 2.45) is 0 Å². The summed E-state index contributed by atoms with van der Waals surface area (Å²) in [6.07, 6.45) is -0.0551. The normalized spacial score (nSPS) is 9.71. The minimum absolute atomic E-state index is 0.0551. The number of aromatic carboxylic acids is 1. The molecule has 3 N–H and O–H groups in total. The second-order valence-electron chi connectivity index (χ2n) is 3.29. The number of benzene rings is 1. The molecule has 6 nitrogen and oxygen atoms in total. The summed E-state index contributed by atoms with van der Waals surface area (Å²) in [4.78, 5) is 21.1. The zero-order chi connectivity index (χ0) is 12.8. The number of anilines is 1. The van der Waals surface area contributed by atoms with Crippen LogP contribution < -0.4 is 10.1 Å². The van der Waals surface area contributed by atoms with E-state index in [0.717, 1.165) is 0 Å². The molecule has 0 aliphatic heterocycles. The molecule has 0 aromatic heterocycles. The predicted molar refractivity (Wildman–Crippen MR) is 60.7 cm³/mol. The molecule has 0 bridgehead atoms. The lowest BCUT2D eigenvalue weighted by Crippen LogP contribution is -2.09. The fourth-order valence-corrected chi connectivity index (χ4v) is 1.28. The number of aliphatic carboxylic acids is 1. The number of carbonyl (C=O) groups is 2. The van der Waals surface area contributed by atoms with E-state index < -0.39 is 11.9 Å². The minimum atomic E-state index is -1.05. The summed E-state index contributed by atoms with van der Waals surface area (Å²) in [7, 11) is 1.46. The smallest absolute Gasteiger partial charge is 0.335 e. The van der Waals surface area contributed by atoms with Crippen molar-refractivity contribution in [3.63, 3.8) is 0 Å². The highest BCUT2D eigenvalue weighted by molar-refractivity contribution is 5.89. The van der Waals surface area contributed by atoms with Gasteiger partial charge in [0, 0.05) is 6.54 Å². The molecule has 0 aliphatic carbocycles. The monoisotopic (exact) mass is 239 g/mol. The average Bonchev–Trinajstić information content (AvgIpc) is 2.28. The molecule has 17 heavy (non-hydrogen) atoms. The van der Waals surface area contributed by atoms with Crippen LogP contribution in [0.15, 0.2) is 18.2 Å². The first kappa shape index (κ1) is 12.8. The van der Waals surface area contributed by atoms with E-state index in [0.29, 0.717) is 11.4 Å². The number of carboxylic acid groups (broad SMARTS) is 2. The molecule has 1 rings (SSSR count). The van der Waals surface area contributed by atoms with Gasteiger partial charge in [0.1, 0.15) is 5.75 Å². The second-order valence-corrected chi connectivity index (χ2v) is 3.29. The molecule has 0 saturated heterocycles. The molecule has 0 heterocycles. The van der Waals surface area contributed by atoms with Crippen LogP contribution in [-0.4, -0.2) is 35.8 Å². The van der Waals surface area contributed by atoms with Gasteiger partial charge in [0.05, 0.1) is 24.8 Å². The predicted octanol–water partition coefficient (Wildman–Crippen LogP) is 1.28. The summed E-state index contributed by atoms with van der Waals surface area (Å²) in [6, 6.07) is 4.35. The maximum Gasteiger partial charge on any atom is 0.335 e. The maximum absolute atomic E-state index is 10.8. The van der Waals surface area contributed by atoms with Crippen LogP contribution in [0.2, 0.25) is 0 Å². The zero-order valence-corrected chi connectivity index (χ0v) is 9.27. The third-order valence-electron chi connectivity index (χ3n) is 2.10. The van der Waals surface area contributed by atoms with Crippen molar-refractivity contribution >= 4 is 17.6 Å². The summed E-state index contributed by atoms with van der Waals surface area (Å²) >= 11 is 0. The standard InChI is InChI=1S/C11H13NO5/c1-17-9-3-2-7(11(15)16)6-8(9)12-5-4-10(13)14/h2-3,6,12H,4-5H2,1H3,(H,13,14)(H,15,16). The summed E-state index contributed by atoms with van der Waals surface area (Å²) in [5.41, 5.74) is 0.581. The summed E-state index contributed by atoms with van der Waals surface area (Å²) in [6.45, 7) is 0.203. The lowest BCUT2D eigenvalue weighted by Gasteiger charge is -2.10. The second kappa shape index (κ2) is 5.74. The van der Waals surface area contributed by atoms with Crippen molar-refractivity contribution in [2.45, 2.75) is 6.42 Å². The molecule has 0 unspecified atom stereocenters. The highest BCUT2D eigenvalue weighted by Gasteiger charge is 2.08. The number of ether oxygens (including phenoxy) is 1. The maximum atomic E-state index is 10.8. The fraction of sp³-hybridized carbons (Fsp3) is 0.273.